The Morgan fingerprint density at radius 1 is 0.744 bits per heavy atom. The average Bonchev–Trinajstić information content (AvgIpc) is 2.85. The molecule has 0 saturated carbocycles. The second-order valence-corrected chi connectivity index (χ2v) is 13.0. The summed E-state index contributed by atoms with van der Waals surface area (Å²) < 4.78 is 34.2. The monoisotopic (exact) mass is 581 g/mol. The van der Waals surface area contributed by atoms with E-state index in [1.807, 2.05) is 21.1 Å². The first-order valence-corrected chi connectivity index (χ1v) is 16.8. The molecule has 39 heavy (non-hydrogen) atoms. The number of nitrogens with zero attached hydrogens (tertiary/aromatic N) is 1. The van der Waals surface area contributed by atoms with Crippen molar-refractivity contribution in [1.82, 2.24) is 0 Å². The fraction of sp³-hybridized carbons (Fsp3) is 0.966. The zero-order chi connectivity index (χ0) is 29.2. The summed E-state index contributed by atoms with van der Waals surface area (Å²) in [6.07, 6.45) is 18.7. The number of ether oxygens (including phenoxy) is 2. The fourth-order valence-corrected chi connectivity index (χ4v) is 4.75. The van der Waals surface area contributed by atoms with Gasteiger partial charge in [0, 0.05) is 19.6 Å². The van der Waals surface area contributed by atoms with Crippen molar-refractivity contribution in [2.75, 3.05) is 60.7 Å². The second kappa shape index (κ2) is 25.2. The van der Waals surface area contributed by atoms with Crippen LogP contribution in [0.2, 0.25) is 0 Å². The maximum atomic E-state index is 12.1. The minimum Gasteiger partial charge on any atom is -0.756 e. The number of carboxylic acids is 1. The molecule has 10 heteroatoms. The lowest BCUT2D eigenvalue weighted by Gasteiger charge is -2.28. The molecule has 0 spiro atoms. The summed E-state index contributed by atoms with van der Waals surface area (Å²) in [4.78, 5) is 22.8. The Balaban J connectivity index is 4.02. The van der Waals surface area contributed by atoms with E-state index < -0.39 is 19.9 Å². The molecule has 0 aromatic rings. The molecule has 1 N–H and O–H groups in total. The highest BCUT2D eigenvalue weighted by Gasteiger charge is 2.18. The number of unbranched alkanes of at least 4 members (excludes halogenated alkanes) is 14. The van der Waals surface area contributed by atoms with Crippen molar-refractivity contribution < 1.29 is 42.4 Å². The third-order valence-corrected chi connectivity index (χ3v) is 7.48. The number of quaternary nitrogens is 1. The third kappa shape index (κ3) is 30.3. The Labute approximate surface area is 239 Å². The van der Waals surface area contributed by atoms with Gasteiger partial charge in [0.05, 0.1) is 34.4 Å². The number of rotatable bonds is 30. The van der Waals surface area contributed by atoms with Crippen molar-refractivity contribution in [1.29, 1.82) is 0 Å². The van der Waals surface area contributed by atoms with Gasteiger partial charge in [-0.25, -0.2) is 0 Å². The van der Waals surface area contributed by atoms with E-state index in [0.29, 0.717) is 37.1 Å². The number of phosphoric acid groups is 1. The Kier molecular flexibility index (Phi) is 24.8. The molecule has 0 aliphatic heterocycles. The molecule has 0 radical (unpaired) electrons. The van der Waals surface area contributed by atoms with Crippen LogP contribution in [0.25, 0.3) is 0 Å². The number of likely N-dealkylation sites (N-methyl/N-ethyl adjacent to an activating group) is 1. The van der Waals surface area contributed by atoms with Crippen molar-refractivity contribution in [3.63, 3.8) is 0 Å². The third-order valence-electron chi connectivity index (χ3n) is 6.51. The van der Waals surface area contributed by atoms with Gasteiger partial charge >= 0.3 is 5.97 Å². The van der Waals surface area contributed by atoms with E-state index in [-0.39, 0.29) is 26.2 Å². The highest BCUT2D eigenvalue weighted by Crippen LogP contribution is 2.38. The molecule has 2 atom stereocenters. The largest absolute Gasteiger partial charge is 0.756 e. The predicted molar refractivity (Wildman–Crippen MR) is 155 cm³/mol. The van der Waals surface area contributed by atoms with E-state index in [2.05, 4.69) is 6.92 Å². The van der Waals surface area contributed by atoms with Crippen LogP contribution in [-0.2, 0) is 27.9 Å². The van der Waals surface area contributed by atoms with Crippen LogP contribution in [-0.4, -0.2) is 82.4 Å². The minimum absolute atomic E-state index is 0.0423. The van der Waals surface area contributed by atoms with Gasteiger partial charge in [0.15, 0.2) is 0 Å². The number of carboxylic acid groups (broad SMARTS) is 1. The molecule has 0 rings (SSSR count). The first-order chi connectivity index (χ1) is 18.6. The molecule has 0 amide bonds. The molecule has 9 nitrogen and oxygen atoms in total. The zero-order valence-corrected chi connectivity index (χ0v) is 26.4. The summed E-state index contributed by atoms with van der Waals surface area (Å²) in [5.74, 6) is -0.843. The Bertz CT molecular complexity index is 615. The van der Waals surface area contributed by atoms with E-state index in [0.717, 1.165) is 12.8 Å². The molecule has 0 aromatic heterocycles. The number of carbonyl (C=O) groups is 1. The standard InChI is InChI=1S/C29H60NO8P/c1-5-6-7-8-9-10-11-12-13-14-15-16-17-19-23-35-26-28(36-24-20-18-21-29(31)32)27-38-39(33,34)37-25-22-30(2,3)4/h28H,5-27H2,1-4H3,(H-,31,32,33,34)/t28-/m0/s1. The van der Waals surface area contributed by atoms with Gasteiger partial charge < -0.3 is 33.0 Å². The summed E-state index contributed by atoms with van der Waals surface area (Å²) in [6.45, 7) is 3.76. The van der Waals surface area contributed by atoms with Crippen molar-refractivity contribution in [3.8, 4) is 0 Å². The van der Waals surface area contributed by atoms with E-state index in [9.17, 15) is 14.3 Å². The van der Waals surface area contributed by atoms with Crippen LogP contribution >= 0.6 is 7.82 Å². The fourth-order valence-electron chi connectivity index (χ4n) is 4.02. The number of hydrogen-bond acceptors (Lipinski definition) is 7. The van der Waals surface area contributed by atoms with Crippen LogP contribution in [0.1, 0.15) is 116 Å². The van der Waals surface area contributed by atoms with Gasteiger partial charge in [-0.05, 0) is 19.3 Å². The topological polar surface area (TPSA) is 114 Å². The molecular formula is C29H60NO8P. The lowest BCUT2D eigenvalue weighted by Crippen LogP contribution is -2.37. The summed E-state index contributed by atoms with van der Waals surface area (Å²) in [5, 5.41) is 8.76. The number of hydrogen-bond donors (Lipinski definition) is 1. The Hall–Kier alpha value is -0.540. The molecule has 1 unspecified atom stereocenters. The lowest BCUT2D eigenvalue weighted by atomic mass is 10.0. The van der Waals surface area contributed by atoms with Gasteiger partial charge in [0.1, 0.15) is 19.3 Å². The molecular weight excluding hydrogens is 521 g/mol. The van der Waals surface area contributed by atoms with Crippen LogP contribution in [0.4, 0.5) is 0 Å². The molecule has 0 fully saturated rings. The van der Waals surface area contributed by atoms with Crippen LogP contribution < -0.4 is 4.89 Å². The second-order valence-electron chi connectivity index (χ2n) is 11.6. The highest BCUT2D eigenvalue weighted by molar-refractivity contribution is 7.45. The average molecular weight is 582 g/mol. The van der Waals surface area contributed by atoms with Crippen LogP contribution in [0.15, 0.2) is 0 Å². The molecule has 0 aromatic carbocycles. The van der Waals surface area contributed by atoms with E-state index in [1.165, 1.54) is 77.0 Å². The predicted octanol–water partition coefficient (Wildman–Crippen LogP) is 6.33. The minimum atomic E-state index is -4.44. The molecule has 0 saturated heterocycles. The normalized spacial score (nSPS) is 14.4. The number of phosphoric ester groups is 1. The van der Waals surface area contributed by atoms with E-state index in [1.54, 1.807) is 0 Å². The van der Waals surface area contributed by atoms with Crippen molar-refractivity contribution >= 4 is 13.8 Å². The van der Waals surface area contributed by atoms with Gasteiger partial charge in [-0.2, -0.15) is 0 Å². The summed E-state index contributed by atoms with van der Waals surface area (Å²) in [7, 11) is 1.40. The van der Waals surface area contributed by atoms with Crippen LogP contribution in [0.3, 0.4) is 0 Å². The maximum absolute atomic E-state index is 12.1. The van der Waals surface area contributed by atoms with Gasteiger partial charge in [-0.1, -0.05) is 90.4 Å². The van der Waals surface area contributed by atoms with Gasteiger partial charge in [-0.3, -0.25) is 9.36 Å². The molecule has 0 heterocycles. The van der Waals surface area contributed by atoms with Gasteiger partial charge in [0.2, 0.25) is 0 Å². The van der Waals surface area contributed by atoms with Crippen molar-refractivity contribution in [3.05, 3.63) is 0 Å². The van der Waals surface area contributed by atoms with E-state index in [4.69, 9.17) is 23.6 Å². The lowest BCUT2D eigenvalue weighted by molar-refractivity contribution is -0.870. The van der Waals surface area contributed by atoms with Crippen molar-refractivity contribution in [2.24, 2.45) is 0 Å². The van der Waals surface area contributed by atoms with Crippen molar-refractivity contribution in [2.45, 2.75) is 122 Å². The Morgan fingerprint density at radius 2 is 1.26 bits per heavy atom. The van der Waals surface area contributed by atoms with Crippen LogP contribution in [0.5, 0.6) is 0 Å². The Morgan fingerprint density at radius 3 is 1.77 bits per heavy atom. The first-order valence-electron chi connectivity index (χ1n) is 15.4. The molecule has 0 aliphatic rings. The van der Waals surface area contributed by atoms with Crippen LogP contribution in [0, 0.1) is 0 Å². The van der Waals surface area contributed by atoms with E-state index >= 15 is 0 Å². The summed E-state index contributed by atoms with van der Waals surface area (Å²) >= 11 is 0. The highest BCUT2D eigenvalue weighted by atomic mass is 31.2. The smallest absolute Gasteiger partial charge is 0.303 e. The summed E-state index contributed by atoms with van der Waals surface area (Å²) in [6, 6.07) is 0. The zero-order valence-electron chi connectivity index (χ0n) is 25.5. The first kappa shape index (κ1) is 38.5. The molecule has 0 aliphatic carbocycles. The molecule has 0 bridgehead atoms. The van der Waals surface area contributed by atoms with Gasteiger partial charge in [-0.15, -0.1) is 0 Å². The van der Waals surface area contributed by atoms with Gasteiger partial charge in [0.25, 0.3) is 7.82 Å². The molecule has 234 valence electrons. The maximum Gasteiger partial charge on any atom is 0.303 e. The number of aliphatic carboxylic acids is 1. The summed E-state index contributed by atoms with van der Waals surface area (Å²) in [5.41, 5.74) is 0. The SMILES string of the molecule is CCCCCCCCCCCCCCCCOC[C@@H](COP(=O)([O-])OCC[N+](C)(C)C)OCCCCC(=O)O. The quantitative estimate of drug-likeness (QED) is 0.0594.